The summed E-state index contributed by atoms with van der Waals surface area (Å²) in [7, 11) is 1.61. The molecule has 1 N–H and O–H groups in total. The summed E-state index contributed by atoms with van der Waals surface area (Å²) in [5.74, 6) is 1.84. The Morgan fingerprint density at radius 2 is 2.03 bits per heavy atom. The van der Waals surface area contributed by atoms with Gasteiger partial charge in [0.1, 0.15) is 23.0 Å². The first-order chi connectivity index (χ1) is 15.0. The topological polar surface area (TPSA) is 79.4 Å². The van der Waals surface area contributed by atoms with Crippen LogP contribution in [-0.4, -0.2) is 41.9 Å². The number of nitrogens with one attached hydrogen (secondary N) is 1. The number of Topliss-reactive ketones (excluding diaryl/α,β-unsaturated/α-hetero) is 1. The van der Waals surface area contributed by atoms with E-state index in [2.05, 4.69) is 10.1 Å². The van der Waals surface area contributed by atoms with Crippen molar-refractivity contribution < 1.29 is 14.1 Å². The number of thiophene rings is 1. The maximum atomic E-state index is 12.3. The minimum Gasteiger partial charge on any atom is -0.496 e. The van der Waals surface area contributed by atoms with Gasteiger partial charge in [0.2, 0.25) is 0 Å². The number of aromatic nitrogens is 1. The van der Waals surface area contributed by atoms with Crippen molar-refractivity contribution in [1.29, 1.82) is 5.41 Å². The van der Waals surface area contributed by atoms with Gasteiger partial charge in [-0.1, -0.05) is 22.8 Å². The average Bonchev–Trinajstić information content (AvgIpc) is 3.46. The average molecular weight is 458 g/mol. The molecule has 1 aliphatic heterocycles. The lowest BCUT2D eigenvalue weighted by Gasteiger charge is -2.29. The number of piperidine rings is 1. The van der Waals surface area contributed by atoms with E-state index < -0.39 is 0 Å². The van der Waals surface area contributed by atoms with Crippen LogP contribution in [0.5, 0.6) is 5.75 Å². The lowest BCUT2D eigenvalue weighted by molar-refractivity contribution is 0.0984. The zero-order valence-electron chi connectivity index (χ0n) is 17.3. The Labute approximate surface area is 190 Å². The van der Waals surface area contributed by atoms with Crippen LogP contribution in [-0.2, 0) is 6.42 Å². The second-order valence-electron chi connectivity index (χ2n) is 7.52. The molecule has 4 rings (SSSR count). The van der Waals surface area contributed by atoms with Gasteiger partial charge in [-0.15, -0.1) is 11.3 Å². The molecule has 0 spiro atoms. The third-order valence-electron chi connectivity index (χ3n) is 5.43. The molecule has 0 bridgehead atoms. The van der Waals surface area contributed by atoms with E-state index in [4.69, 9.17) is 26.3 Å². The summed E-state index contributed by atoms with van der Waals surface area (Å²) in [6.45, 7) is 1.85. The number of carbonyl (C=O) groups excluding carboxylic acids is 1. The Balaban J connectivity index is 1.46. The van der Waals surface area contributed by atoms with E-state index in [1.807, 2.05) is 24.3 Å². The van der Waals surface area contributed by atoms with Crippen LogP contribution in [0, 0.1) is 5.41 Å². The van der Waals surface area contributed by atoms with Gasteiger partial charge in [-0.25, -0.2) is 0 Å². The number of aryl methyl sites for hydroxylation is 1. The highest BCUT2D eigenvalue weighted by atomic mass is 35.5. The summed E-state index contributed by atoms with van der Waals surface area (Å²) in [6, 6.07) is 11.0. The van der Waals surface area contributed by atoms with Gasteiger partial charge in [-0.3, -0.25) is 10.2 Å². The van der Waals surface area contributed by atoms with Gasteiger partial charge >= 0.3 is 0 Å². The zero-order valence-corrected chi connectivity index (χ0v) is 18.9. The van der Waals surface area contributed by atoms with Gasteiger partial charge in [0.05, 0.1) is 16.3 Å². The third-order valence-corrected chi connectivity index (χ3v) is 6.70. The molecule has 3 aromatic rings. The number of carbonyl (C=O) groups is 1. The van der Waals surface area contributed by atoms with Crippen LogP contribution in [0.25, 0.3) is 11.3 Å². The highest BCUT2D eigenvalue weighted by Gasteiger charge is 2.19. The molecule has 0 aliphatic carbocycles. The fourth-order valence-electron chi connectivity index (χ4n) is 3.73. The van der Waals surface area contributed by atoms with Crippen LogP contribution >= 0.6 is 22.9 Å². The van der Waals surface area contributed by atoms with E-state index in [1.54, 1.807) is 19.2 Å². The van der Waals surface area contributed by atoms with E-state index in [9.17, 15) is 4.79 Å². The maximum absolute atomic E-state index is 12.3. The quantitative estimate of drug-likeness (QED) is 0.280. The molecule has 1 aliphatic rings. The Kier molecular flexibility index (Phi) is 6.73. The van der Waals surface area contributed by atoms with E-state index in [-0.39, 0.29) is 5.78 Å². The molecular weight excluding hydrogens is 434 g/mol. The molecule has 1 saturated heterocycles. The molecular formula is C23H24ClN3O3S. The first-order valence-corrected chi connectivity index (χ1v) is 11.5. The van der Waals surface area contributed by atoms with E-state index in [1.165, 1.54) is 17.8 Å². The molecule has 2 aromatic heterocycles. The minimum atomic E-state index is 0.0352. The van der Waals surface area contributed by atoms with Crippen LogP contribution < -0.4 is 4.74 Å². The highest BCUT2D eigenvalue weighted by molar-refractivity contribution is 7.18. The Morgan fingerprint density at radius 3 is 2.74 bits per heavy atom. The fraction of sp³-hybridized carbons (Fsp3) is 0.348. The minimum absolute atomic E-state index is 0.0352. The zero-order chi connectivity index (χ0) is 21.8. The molecule has 0 saturated carbocycles. The summed E-state index contributed by atoms with van der Waals surface area (Å²) in [5.41, 5.74) is 2.27. The van der Waals surface area contributed by atoms with Gasteiger partial charge in [0.25, 0.3) is 0 Å². The Morgan fingerprint density at radius 1 is 1.23 bits per heavy atom. The number of nitrogens with zero attached hydrogens (tertiary/aromatic N) is 2. The number of hydrogen-bond donors (Lipinski definition) is 1. The molecule has 162 valence electrons. The van der Waals surface area contributed by atoms with Gasteiger partial charge in [0.15, 0.2) is 5.78 Å². The van der Waals surface area contributed by atoms with Crippen molar-refractivity contribution in [3.63, 3.8) is 0 Å². The SMILES string of the molecule is COc1cc(C(=N)N2CCCCC2)ccc1-c1cc(CCC(=O)c2ccc(Cl)s2)on1. The van der Waals surface area contributed by atoms with Crippen LogP contribution in [0.1, 0.15) is 46.7 Å². The van der Waals surface area contributed by atoms with Crippen LogP contribution in [0.4, 0.5) is 0 Å². The maximum Gasteiger partial charge on any atom is 0.173 e. The number of hydrogen-bond acceptors (Lipinski definition) is 6. The summed E-state index contributed by atoms with van der Waals surface area (Å²) in [4.78, 5) is 15.1. The van der Waals surface area contributed by atoms with Crippen LogP contribution in [0.2, 0.25) is 4.34 Å². The van der Waals surface area contributed by atoms with Crippen molar-refractivity contribution in [1.82, 2.24) is 10.1 Å². The number of ether oxygens (including phenoxy) is 1. The van der Waals surface area contributed by atoms with Gasteiger partial charge in [0, 0.05) is 43.1 Å². The van der Waals surface area contributed by atoms with Gasteiger partial charge in [-0.2, -0.15) is 0 Å². The summed E-state index contributed by atoms with van der Waals surface area (Å²) in [5, 5.41) is 12.7. The summed E-state index contributed by atoms with van der Waals surface area (Å²) in [6.07, 6.45) is 4.27. The Hall–Kier alpha value is -2.64. The van der Waals surface area contributed by atoms with Crippen LogP contribution in [0.15, 0.2) is 40.9 Å². The fourth-order valence-corrected chi connectivity index (χ4v) is 4.74. The number of likely N-dealkylation sites (tertiary alicyclic amines) is 1. The van der Waals surface area contributed by atoms with E-state index in [0.717, 1.165) is 37.1 Å². The molecule has 3 heterocycles. The number of halogens is 1. The van der Waals surface area contributed by atoms with Crippen LogP contribution in [0.3, 0.4) is 0 Å². The predicted octanol–water partition coefficient (Wildman–Crippen LogP) is 5.69. The standard InChI is InChI=1S/C23H24ClN3O3S/c1-29-20-13-15(23(25)27-11-3-2-4-12-27)5-7-17(20)18-14-16(30-26-18)6-8-19(28)21-9-10-22(24)31-21/h5,7,9-10,13-14,25H,2-4,6,8,11-12H2,1H3. The third kappa shape index (κ3) is 4.99. The number of rotatable bonds is 7. The second-order valence-corrected chi connectivity index (χ2v) is 9.23. The van der Waals surface area contributed by atoms with Crippen molar-refractivity contribution in [2.24, 2.45) is 0 Å². The summed E-state index contributed by atoms with van der Waals surface area (Å²) < 4.78 is 11.6. The van der Waals surface area contributed by atoms with Crippen molar-refractivity contribution in [3.05, 3.63) is 56.9 Å². The van der Waals surface area contributed by atoms with Crippen molar-refractivity contribution in [2.45, 2.75) is 32.1 Å². The molecule has 31 heavy (non-hydrogen) atoms. The highest BCUT2D eigenvalue weighted by Crippen LogP contribution is 2.32. The molecule has 1 fully saturated rings. The van der Waals surface area contributed by atoms with Crippen molar-refractivity contribution in [3.8, 4) is 17.0 Å². The van der Waals surface area contributed by atoms with E-state index >= 15 is 0 Å². The van der Waals surface area contributed by atoms with Gasteiger partial charge in [-0.05, 0) is 43.5 Å². The molecule has 1 aromatic carbocycles. The summed E-state index contributed by atoms with van der Waals surface area (Å²) >= 11 is 7.19. The normalized spacial score (nSPS) is 13.9. The second kappa shape index (κ2) is 9.66. The number of ketones is 1. The number of methoxy groups -OCH3 is 1. The smallest absolute Gasteiger partial charge is 0.173 e. The number of benzene rings is 1. The first kappa shape index (κ1) is 21.6. The molecule has 6 nitrogen and oxygen atoms in total. The monoisotopic (exact) mass is 457 g/mol. The lowest BCUT2D eigenvalue weighted by Crippen LogP contribution is -2.35. The number of amidine groups is 1. The first-order valence-electron chi connectivity index (χ1n) is 10.3. The largest absolute Gasteiger partial charge is 0.496 e. The van der Waals surface area contributed by atoms with Crippen molar-refractivity contribution in [2.75, 3.05) is 20.2 Å². The molecule has 0 atom stereocenters. The van der Waals surface area contributed by atoms with E-state index in [0.29, 0.717) is 45.1 Å². The molecule has 0 unspecified atom stereocenters. The molecule has 0 amide bonds. The predicted molar refractivity (Wildman–Crippen MR) is 123 cm³/mol. The molecule has 8 heteroatoms. The lowest BCUT2D eigenvalue weighted by atomic mass is 10.0. The van der Waals surface area contributed by atoms with Crippen molar-refractivity contribution >= 4 is 34.6 Å². The van der Waals surface area contributed by atoms with Gasteiger partial charge < -0.3 is 14.2 Å². The molecule has 0 radical (unpaired) electrons. The Bertz CT molecular complexity index is 1090.